The molecule has 0 saturated carbocycles. The number of nitrogens with one attached hydrogen (secondary N) is 1. The number of aromatic nitrogens is 3. The van der Waals surface area contributed by atoms with E-state index in [1.165, 1.54) is 43.3 Å². The van der Waals surface area contributed by atoms with Crippen molar-refractivity contribution in [3.63, 3.8) is 0 Å². The summed E-state index contributed by atoms with van der Waals surface area (Å²) in [6, 6.07) is 15.3. The molecule has 0 aliphatic rings. The molecular formula is C22H19FN4O3S. The third kappa shape index (κ3) is 4.52. The molecule has 2 aromatic carbocycles. The van der Waals surface area contributed by atoms with Crippen LogP contribution in [-0.4, -0.2) is 28.7 Å². The normalized spacial score (nSPS) is 11.7. The summed E-state index contributed by atoms with van der Waals surface area (Å²) >= 11 is 0. The number of carbonyl (C=O) groups is 1. The molecule has 0 fully saturated rings. The number of halogens is 1. The lowest BCUT2D eigenvalue weighted by molar-refractivity contribution is 0.101. The molecular weight excluding hydrogens is 419 g/mol. The van der Waals surface area contributed by atoms with Gasteiger partial charge in [-0.2, -0.15) is 0 Å². The van der Waals surface area contributed by atoms with E-state index >= 15 is 0 Å². The maximum absolute atomic E-state index is 13.3. The van der Waals surface area contributed by atoms with Gasteiger partial charge in [-0.25, -0.2) is 27.5 Å². The van der Waals surface area contributed by atoms with Gasteiger partial charge in [0.25, 0.3) is 0 Å². The van der Waals surface area contributed by atoms with E-state index in [1.807, 2.05) is 0 Å². The van der Waals surface area contributed by atoms with Crippen LogP contribution < -0.4 is 4.72 Å². The van der Waals surface area contributed by atoms with Crippen LogP contribution >= 0.6 is 0 Å². The smallest absolute Gasteiger partial charge is 0.240 e. The van der Waals surface area contributed by atoms with E-state index in [0.717, 1.165) is 5.56 Å². The highest BCUT2D eigenvalue weighted by Gasteiger charge is 2.18. The molecule has 0 radical (unpaired) electrons. The van der Waals surface area contributed by atoms with Crippen molar-refractivity contribution in [3.05, 3.63) is 89.6 Å². The average Bonchev–Trinajstić information content (AvgIpc) is 3.11. The highest BCUT2D eigenvalue weighted by atomic mass is 32.2. The lowest BCUT2D eigenvalue weighted by atomic mass is 10.2. The Labute approximate surface area is 178 Å². The van der Waals surface area contributed by atoms with Crippen molar-refractivity contribution in [2.45, 2.75) is 24.9 Å². The quantitative estimate of drug-likeness (QED) is 0.447. The van der Waals surface area contributed by atoms with E-state index in [0.29, 0.717) is 29.1 Å². The summed E-state index contributed by atoms with van der Waals surface area (Å²) in [4.78, 5) is 20.3. The van der Waals surface area contributed by atoms with Crippen LogP contribution in [0.15, 0.2) is 71.8 Å². The van der Waals surface area contributed by atoms with Gasteiger partial charge in [0.15, 0.2) is 11.4 Å². The Morgan fingerprint density at radius 2 is 1.77 bits per heavy atom. The first-order chi connectivity index (χ1) is 14.8. The summed E-state index contributed by atoms with van der Waals surface area (Å²) in [6.45, 7) is 1.72. The molecule has 2 aromatic heterocycles. The molecule has 7 nitrogen and oxygen atoms in total. The fourth-order valence-corrected chi connectivity index (χ4v) is 4.17. The predicted octanol–water partition coefficient (Wildman–Crippen LogP) is 3.30. The van der Waals surface area contributed by atoms with Crippen molar-refractivity contribution in [2.24, 2.45) is 0 Å². The number of rotatable bonds is 7. The van der Waals surface area contributed by atoms with E-state index in [2.05, 4.69) is 14.7 Å². The minimum Gasteiger partial charge on any atom is -0.307 e. The number of ketones is 1. The summed E-state index contributed by atoms with van der Waals surface area (Å²) in [5.41, 5.74) is 2.50. The van der Waals surface area contributed by atoms with Crippen LogP contribution in [-0.2, 0) is 23.1 Å². The SMILES string of the molecule is CC(=O)c1ccc(S(=O)(=O)NCc2nc3cccnc3n2Cc2ccc(F)cc2)cc1. The van der Waals surface area contributed by atoms with E-state index in [9.17, 15) is 17.6 Å². The number of hydrogen-bond acceptors (Lipinski definition) is 5. The lowest BCUT2D eigenvalue weighted by Gasteiger charge is -2.11. The first kappa shape index (κ1) is 20.8. The highest BCUT2D eigenvalue weighted by Crippen LogP contribution is 2.18. The third-order valence-corrected chi connectivity index (χ3v) is 6.25. The molecule has 9 heteroatoms. The fourth-order valence-electron chi connectivity index (χ4n) is 3.19. The Balaban J connectivity index is 1.61. The number of pyridine rings is 1. The molecule has 0 aliphatic heterocycles. The number of nitrogens with zero attached hydrogens (tertiary/aromatic N) is 3. The molecule has 0 unspecified atom stereocenters. The van der Waals surface area contributed by atoms with Gasteiger partial charge in [0.2, 0.25) is 10.0 Å². The van der Waals surface area contributed by atoms with Gasteiger partial charge in [-0.3, -0.25) is 4.79 Å². The number of carbonyl (C=O) groups excluding carboxylic acids is 1. The van der Waals surface area contributed by atoms with Gasteiger partial charge in [-0.1, -0.05) is 24.3 Å². The molecule has 0 atom stereocenters. The minimum absolute atomic E-state index is 0.0526. The number of hydrogen-bond donors (Lipinski definition) is 1. The van der Waals surface area contributed by atoms with Crippen LogP contribution in [0.1, 0.15) is 28.7 Å². The van der Waals surface area contributed by atoms with Crippen molar-refractivity contribution in [1.29, 1.82) is 0 Å². The molecule has 0 saturated heterocycles. The molecule has 2 heterocycles. The Bertz CT molecular complexity index is 1350. The third-order valence-electron chi connectivity index (χ3n) is 4.83. The zero-order valence-electron chi connectivity index (χ0n) is 16.6. The molecule has 31 heavy (non-hydrogen) atoms. The van der Waals surface area contributed by atoms with Crippen LogP contribution in [0.3, 0.4) is 0 Å². The van der Waals surface area contributed by atoms with E-state index in [4.69, 9.17) is 0 Å². The highest BCUT2D eigenvalue weighted by molar-refractivity contribution is 7.89. The first-order valence-corrected chi connectivity index (χ1v) is 11.0. The zero-order valence-corrected chi connectivity index (χ0v) is 17.4. The molecule has 0 spiro atoms. The topological polar surface area (TPSA) is 93.9 Å². The summed E-state index contributed by atoms with van der Waals surface area (Å²) in [5, 5.41) is 0. The summed E-state index contributed by atoms with van der Waals surface area (Å²) in [5.74, 6) is 0.00186. The van der Waals surface area contributed by atoms with Crippen molar-refractivity contribution < 1.29 is 17.6 Å². The Morgan fingerprint density at radius 3 is 2.45 bits per heavy atom. The summed E-state index contributed by atoms with van der Waals surface area (Å²) in [6.07, 6.45) is 1.63. The van der Waals surface area contributed by atoms with Gasteiger partial charge in [0, 0.05) is 11.8 Å². The first-order valence-electron chi connectivity index (χ1n) is 9.49. The Kier molecular flexibility index (Phi) is 5.62. The van der Waals surface area contributed by atoms with Gasteiger partial charge < -0.3 is 4.57 Å². The molecule has 4 rings (SSSR count). The second-order valence-corrected chi connectivity index (χ2v) is 8.76. The molecule has 0 bridgehead atoms. The maximum atomic E-state index is 13.3. The standard InChI is InChI=1S/C22H19FN4O3S/c1-15(28)17-6-10-19(11-7-17)31(29,30)25-13-21-26-20-3-2-12-24-22(20)27(21)14-16-4-8-18(23)9-5-16/h2-12,25H,13-14H2,1H3. The van der Waals surface area contributed by atoms with Gasteiger partial charge in [-0.05, 0) is 48.9 Å². The number of imidazole rings is 1. The monoisotopic (exact) mass is 438 g/mol. The van der Waals surface area contributed by atoms with Gasteiger partial charge in [0.05, 0.1) is 18.0 Å². The van der Waals surface area contributed by atoms with Gasteiger partial charge in [0.1, 0.15) is 17.2 Å². The number of Topliss-reactive ketones (excluding diaryl/α,β-unsaturated/α-hetero) is 1. The fraction of sp³-hybridized carbons (Fsp3) is 0.136. The zero-order chi connectivity index (χ0) is 22.0. The van der Waals surface area contributed by atoms with Crippen LogP contribution in [0.4, 0.5) is 4.39 Å². The largest absolute Gasteiger partial charge is 0.307 e. The number of benzene rings is 2. The average molecular weight is 438 g/mol. The molecule has 158 valence electrons. The summed E-state index contributed by atoms with van der Waals surface area (Å²) < 4.78 is 43.0. The second kappa shape index (κ2) is 8.37. The Hall–Kier alpha value is -3.43. The van der Waals surface area contributed by atoms with Crippen LogP contribution in [0.5, 0.6) is 0 Å². The summed E-state index contributed by atoms with van der Waals surface area (Å²) in [7, 11) is -3.82. The van der Waals surface area contributed by atoms with Crippen LogP contribution in [0.2, 0.25) is 0 Å². The number of fused-ring (bicyclic) bond motifs is 1. The maximum Gasteiger partial charge on any atom is 0.240 e. The van der Waals surface area contributed by atoms with Gasteiger partial charge in [-0.15, -0.1) is 0 Å². The molecule has 0 amide bonds. The molecule has 0 aliphatic carbocycles. The second-order valence-electron chi connectivity index (χ2n) is 6.99. The predicted molar refractivity (Wildman–Crippen MR) is 114 cm³/mol. The molecule has 1 N–H and O–H groups in total. The van der Waals surface area contributed by atoms with Gasteiger partial charge >= 0.3 is 0 Å². The Morgan fingerprint density at radius 1 is 1.06 bits per heavy atom. The van der Waals surface area contributed by atoms with Crippen molar-refractivity contribution in [1.82, 2.24) is 19.3 Å². The van der Waals surface area contributed by atoms with Crippen molar-refractivity contribution >= 4 is 27.0 Å². The molecule has 4 aromatic rings. The van der Waals surface area contributed by atoms with Crippen molar-refractivity contribution in [3.8, 4) is 0 Å². The minimum atomic E-state index is -3.82. The van der Waals surface area contributed by atoms with Crippen LogP contribution in [0, 0.1) is 5.82 Å². The van der Waals surface area contributed by atoms with E-state index in [-0.39, 0.29) is 23.0 Å². The van der Waals surface area contributed by atoms with E-state index < -0.39 is 10.0 Å². The van der Waals surface area contributed by atoms with Crippen molar-refractivity contribution in [2.75, 3.05) is 0 Å². The number of sulfonamides is 1. The van der Waals surface area contributed by atoms with E-state index in [1.54, 1.807) is 35.0 Å². The van der Waals surface area contributed by atoms with Crippen LogP contribution in [0.25, 0.3) is 11.2 Å². The lowest BCUT2D eigenvalue weighted by Crippen LogP contribution is -2.25.